The van der Waals surface area contributed by atoms with Gasteiger partial charge in [0.15, 0.2) is 5.84 Å². The third-order valence-corrected chi connectivity index (χ3v) is 2.73. The van der Waals surface area contributed by atoms with E-state index in [1.165, 1.54) is 6.33 Å². The number of likely N-dealkylation sites (N-methyl/N-ethyl adjacent to an activating group) is 1. The number of hydrogen-bond donors (Lipinski definition) is 2. The van der Waals surface area contributed by atoms with Crippen molar-refractivity contribution in [1.29, 1.82) is 0 Å². The fourth-order valence-corrected chi connectivity index (χ4v) is 1.49. The Bertz CT molecular complexity index is 386. The minimum Gasteiger partial charge on any atom is -0.409 e. The van der Waals surface area contributed by atoms with Gasteiger partial charge in [0.05, 0.1) is 12.6 Å². The van der Waals surface area contributed by atoms with Crippen molar-refractivity contribution in [3.63, 3.8) is 0 Å². The number of nitrogens with zero attached hydrogens (tertiary/aromatic N) is 5. The molecule has 1 unspecified atom stereocenters. The average Bonchev–Trinajstić information content (AvgIpc) is 2.75. The van der Waals surface area contributed by atoms with Crippen LogP contribution in [-0.2, 0) is 6.54 Å². The fourth-order valence-electron chi connectivity index (χ4n) is 1.49. The molecule has 0 saturated carbocycles. The Morgan fingerprint density at radius 1 is 1.59 bits per heavy atom. The highest BCUT2D eigenvalue weighted by Crippen LogP contribution is 2.08. The molecule has 1 aromatic heterocycles. The van der Waals surface area contributed by atoms with Crippen molar-refractivity contribution >= 4 is 5.84 Å². The molecule has 0 spiro atoms. The molecule has 17 heavy (non-hydrogen) atoms. The van der Waals surface area contributed by atoms with Gasteiger partial charge in [-0.15, -0.1) is 0 Å². The molecule has 0 amide bonds. The monoisotopic (exact) mass is 240 g/mol. The van der Waals surface area contributed by atoms with Crippen LogP contribution in [-0.4, -0.2) is 43.8 Å². The number of hydrogen-bond acceptors (Lipinski definition) is 5. The summed E-state index contributed by atoms with van der Waals surface area (Å²) in [6.07, 6.45) is 1.54. The van der Waals surface area contributed by atoms with E-state index >= 15 is 0 Å². The van der Waals surface area contributed by atoms with Gasteiger partial charge >= 0.3 is 0 Å². The molecule has 7 nitrogen and oxygen atoms in total. The molecule has 7 heteroatoms. The lowest BCUT2D eigenvalue weighted by Crippen LogP contribution is -2.40. The molecule has 1 heterocycles. The topological polar surface area (TPSA) is 92.6 Å². The van der Waals surface area contributed by atoms with Gasteiger partial charge < -0.3 is 10.9 Å². The van der Waals surface area contributed by atoms with E-state index in [4.69, 9.17) is 10.9 Å². The summed E-state index contributed by atoms with van der Waals surface area (Å²) in [5.41, 5.74) is 5.56. The second kappa shape index (κ2) is 5.62. The second-order valence-electron chi connectivity index (χ2n) is 4.33. The summed E-state index contributed by atoms with van der Waals surface area (Å²) >= 11 is 0. The molecule has 0 saturated heterocycles. The van der Waals surface area contributed by atoms with Crippen LogP contribution in [0.15, 0.2) is 11.5 Å². The Morgan fingerprint density at radius 3 is 2.76 bits per heavy atom. The molecule has 1 rings (SSSR count). The normalized spacial score (nSPS) is 14.6. The average molecular weight is 240 g/mol. The SMILES string of the molecule is CC(C(N)=NO)N(C)Cc1ncnn1C(C)C. The highest BCUT2D eigenvalue weighted by Gasteiger charge is 2.17. The molecular formula is C10H20N6O. The minimum atomic E-state index is -0.155. The predicted molar refractivity (Wildman–Crippen MR) is 64.7 cm³/mol. The maximum atomic E-state index is 8.63. The minimum absolute atomic E-state index is 0.155. The van der Waals surface area contributed by atoms with E-state index in [1.807, 2.05) is 37.4 Å². The van der Waals surface area contributed by atoms with E-state index in [1.54, 1.807) is 0 Å². The third kappa shape index (κ3) is 3.16. The zero-order valence-corrected chi connectivity index (χ0v) is 10.7. The van der Waals surface area contributed by atoms with Crippen molar-refractivity contribution in [3.8, 4) is 0 Å². The first-order valence-electron chi connectivity index (χ1n) is 5.53. The maximum absolute atomic E-state index is 8.63. The smallest absolute Gasteiger partial charge is 0.156 e. The zero-order valence-electron chi connectivity index (χ0n) is 10.7. The van der Waals surface area contributed by atoms with Gasteiger partial charge in [-0.3, -0.25) is 4.90 Å². The molecule has 0 aliphatic rings. The van der Waals surface area contributed by atoms with Crippen LogP contribution in [0.3, 0.4) is 0 Å². The largest absolute Gasteiger partial charge is 0.409 e. The van der Waals surface area contributed by atoms with Crippen LogP contribution < -0.4 is 5.73 Å². The van der Waals surface area contributed by atoms with Crippen molar-refractivity contribution in [1.82, 2.24) is 19.7 Å². The highest BCUT2D eigenvalue weighted by molar-refractivity contribution is 5.84. The van der Waals surface area contributed by atoms with E-state index in [0.29, 0.717) is 6.54 Å². The Labute approximate surface area is 101 Å². The quantitative estimate of drug-likeness (QED) is 0.337. The molecule has 96 valence electrons. The molecule has 0 bridgehead atoms. The van der Waals surface area contributed by atoms with E-state index in [2.05, 4.69) is 15.2 Å². The van der Waals surface area contributed by atoms with Crippen LogP contribution in [0.5, 0.6) is 0 Å². The van der Waals surface area contributed by atoms with Crippen molar-refractivity contribution in [2.24, 2.45) is 10.9 Å². The standard InChI is InChI=1S/C10H20N6O/c1-7(2)16-9(12-6-13-16)5-15(4)8(3)10(11)14-17/h6-8,17H,5H2,1-4H3,(H2,11,14). The van der Waals surface area contributed by atoms with Gasteiger partial charge in [-0.05, 0) is 27.8 Å². The van der Waals surface area contributed by atoms with Crippen molar-refractivity contribution < 1.29 is 5.21 Å². The molecule has 1 atom stereocenters. The van der Waals surface area contributed by atoms with Gasteiger partial charge in [-0.2, -0.15) is 5.10 Å². The molecule has 0 aliphatic carbocycles. The van der Waals surface area contributed by atoms with Crippen LogP contribution in [0.4, 0.5) is 0 Å². The molecular weight excluding hydrogens is 220 g/mol. The summed E-state index contributed by atoms with van der Waals surface area (Å²) in [6.45, 7) is 6.55. The number of aromatic nitrogens is 3. The van der Waals surface area contributed by atoms with Crippen molar-refractivity contribution in [2.75, 3.05) is 7.05 Å². The number of rotatable bonds is 5. The van der Waals surface area contributed by atoms with Crippen LogP contribution >= 0.6 is 0 Å². The summed E-state index contributed by atoms with van der Waals surface area (Å²) in [5, 5.41) is 15.8. The van der Waals surface area contributed by atoms with E-state index in [0.717, 1.165) is 5.82 Å². The first kappa shape index (κ1) is 13.4. The third-order valence-electron chi connectivity index (χ3n) is 2.73. The highest BCUT2D eigenvalue weighted by atomic mass is 16.4. The van der Waals surface area contributed by atoms with Gasteiger partial charge in [0.1, 0.15) is 12.2 Å². The van der Waals surface area contributed by atoms with Crippen molar-refractivity contribution in [3.05, 3.63) is 12.2 Å². The van der Waals surface area contributed by atoms with Gasteiger partial charge in [0, 0.05) is 6.04 Å². The summed E-state index contributed by atoms with van der Waals surface area (Å²) in [5.74, 6) is 1.04. The van der Waals surface area contributed by atoms with Crippen LogP contribution in [0.25, 0.3) is 0 Å². The lowest BCUT2D eigenvalue weighted by molar-refractivity contribution is 0.268. The molecule has 0 radical (unpaired) electrons. The Morgan fingerprint density at radius 2 is 2.24 bits per heavy atom. The number of nitrogens with two attached hydrogens (primary N) is 1. The Kier molecular flexibility index (Phi) is 4.45. The van der Waals surface area contributed by atoms with Gasteiger partial charge in [0.2, 0.25) is 0 Å². The molecule has 1 aromatic rings. The summed E-state index contributed by atoms with van der Waals surface area (Å²) < 4.78 is 1.86. The first-order chi connectivity index (χ1) is 7.97. The summed E-state index contributed by atoms with van der Waals surface area (Å²) in [7, 11) is 1.89. The molecule has 0 fully saturated rings. The van der Waals surface area contributed by atoms with Crippen LogP contribution in [0.1, 0.15) is 32.6 Å². The molecule has 3 N–H and O–H groups in total. The van der Waals surface area contributed by atoms with Crippen LogP contribution in [0.2, 0.25) is 0 Å². The summed E-state index contributed by atoms with van der Waals surface area (Å²) in [6, 6.07) is 0.109. The Hall–Kier alpha value is -1.63. The first-order valence-corrected chi connectivity index (χ1v) is 5.53. The van der Waals surface area contributed by atoms with Gasteiger partial charge in [-0.25, -0.2) is 9.67 Å². The predicted octanol–water partition coefficient (Wildman–Crippen LogP) is 0.426. The lowest BCUT2D eigenvalue weighted by Gasteiger charge is -2.23. The van der Waals surface area contributed by atoms with Crippen molar-refractivity contribution in [2.45, 2.75) is 39.4 Å². The van der Waals surface area contributed by atoms with Crippen LogP contribution in [0, 0.1) is 0 Å². The Balaban J connectivity index is 2.74. The van der Waals surface area contributed by atoms with Gasteiger partial charge in [0.25, 0.3) is 0 Å². The van der Waals surface area contributed by atoms with E-state index < -0.39 is 0 Å². The zero-order chi connectivity index (χ0) is 13.0. The maximum Gasteiger partial charge on any atom is 0.156 e. The lowest BCUT2D eigenvalue weighted by atomic mass is 10.2. The fraction of sp³-hybridized carbons (Fsp3) is 0.700. The van der Waals surface area contributed by atoms with Gasteiger partial charge in [-0.1, -0.05) is 5.16 Å². The van der Waals surface area contributed by atoms with E-state index in [9.17, 15) is 0 Å². The molecule has 0 aromatic carbocycles. The number of amidine groups is 1. The number of oxime groups is 1. The second-order valence-corrected chi connectivity index (χ2v) is 4.33. The summed E-state index contributed by atoms with van der Waals surface area (Å²) in [4.78, 5) is 6.15. The molecule has 0 aliphatic heterocycles. The van der Waals surface area contributed by atoms with E-state index in [-0.39, 0.29) is 17.9 Å².